The van der Waals surface area contributed by atoms with E-state index in [4.69, 9.17) is 0 Å². The molecule has 0 unspecified atom stereocenters. The monoisotopic (exact) mass is 315 g/mol. The predicted octanol–water partition coefficient (Wildman–Crippen LogP) is 4.96. The van der Waals surface area contributed by atoms with Crippen LogP contribution in [0.4, 0.5) is 0 Å². The first-order chi connectivity index (χ1) is 8.27. The summed E-state index contributed by atoms with van der Waals surface area (Å²) >= 11 is 5.43. The average molecular weight is 316 g/mol. The van der Waals surface area contributed by atoms with Gasteiger partial charge in [-0.1, -0.05) is 25.7 Å². The molecule has 1 aromatic rings. The van der Waals surface area contributed by atoms with E-state index < -0.39 is 0 Å². The van der Waals surface area contributed by atoms with E-state index in [2.05, 4.69) is 39.6 Å². The van der Waals surface area contributed by atoms with Crippen molar-refractivity contribution in [1.29, 1.82) is 0 Å². The van der Waals surface area contributed by atoms with Crippen LogP contribution in [0.2, 0.25) is 0 Å². The molecule has 1 aromatic heterocycles. The van der Waals surface area contributed by atoms with Crippen LogP contribution in [-0.2, 0) is 6.54 Å². The molecule has 0 saturated heterocycles. The van der Waals surface area contributed by atoms with Gasteiger partial charge in [-0.2, -0.15) is 0 Å². The Morgan fingerprint density at radius 1 is 1.35 bits per heavy atom. The highest BCUT2D eigenvalue weighted by Gasteiger charge is 2.18. The van der Waals surface area contributed by atoms with Crippen LogP contribution in [-0.4, -0.2) is 6.04 Å². The summed E-state index contributed by atoms with van der Waals surface area (Å²) in [6.45, 7) is 3.37. The standard InChI is InChI=1S/C14H22BrNS/c1-11(12-6-4-2-3-5-7-12)16-10-14-13(15)8-9-17-14/h8-9,11-12,16H,2-7,10H2,1H3/t11-/m1/s1. The second-order valence-corrected chi connectivity index (χ2v) is 6.97. The van der Waals surface area contributed by atoms with Crippen LogP contribution in [0.15, 0.2) is 15.9 Å². The summed E-state index contributed by atoms with van der Waals surface area (Å²) in [6.07, 6.45) is 8.58. The fraction of sp³-hybridized carbons (Fsp3) is 0.714. The highest BCUT2D eigenvalue weighted by Crippen LogP contribution is 2.27. The van der Waals surface area contributed by atoms with Crippen LogP contribution in [0.3, 0.4) is 0 Å². The van der Waals surface area contributed by atoms with Crippen molar-refractivity contribution in [3.05, 3.63) is 20.8 Å². The van der Waals surface area contributed by atoms with Gasteiger partial charge in [0.1, 0.15) is 0 Å². The molecule has 0 bridgehead atoms. The lowest BCUT2D eigenvalue weighted by Gasteiger charge is -2.23. The summed E-state index contributed by atoms with van der Waals surface area (Å²) in [6, 6.07) is 2.79. The number of nitrogens with one attached hydrogen (secondary N) is 1. The third-order valence-electron chi connectivity index (χ3n) is 3.88. The summed E-state index contributed by atoms with van der Waals surface area (Å²) in [5.41, 5.74) is 0. The van der Waals surface area contributed by atoms with E-state index in [9.17, 15) is 0 Å². The lowest BCUT2D eigenvalue weighted by Crippen LogP contribution is -2.32. The van der Waals surface area contributed by atoms with E-state index in [1.807, 2.05) is 11.3 Å². The summed E-state index contributed by atoms with van der Waals surface area (Å²) in [5.74, 6) is 0.885. The zero-order chi connectivity index (χ0) is 12.1. The fourth-order valence-corrected chi connectivity index (χ4v) is 4.13. The summed E-state index contributed by atoms with van der Waals surface area (Å²) in [5, 5.41) is 5.85. The molecule has 1 atom stereocenters. The van der Waals surface area contributed by atoms with E-state index in [1.165, 1.54) is 47.9 Å². The van der Waals surface area contributed by atoms with E-state index in [0.717, 1.165) is 12.5 Å². The van der Waals surface area contributed by atoms with E-state index in [1.54, 1.807) is 0 Å². The molecule has 0 radical (unpaired) electrons. The van der Waals surface area contributed by atoms with Crippen LogP contribution in [0, 0.1) is 5.92 Å². The molecular formula is C14H22BrNS. The largest absolute Gasteiger partial charge is 0.309 e. The smallest absolute Gasteiger partial charge is 0.0327 e. The molecule has 1 saturated carbocycles. The van der Waals surface area contributed by atoms with E-state index >= 15 is 0 Å². The van der Waals surface area contributed by atoms with Gasteiger partial charge in [-0.15, -0.1) is 11.3 Å². The second-order valence-electron chi connectivity index (χ2n) is 5.11. The van der Waals surface area contributed by atoms with Crippen LogP contribution in [0.1, 0.15) is 50.3 Å². The van der Waals surface area contributed by atoms with Crippen LogP contribution >= 0.6 is 27.3 Å². The lowest BCUT2D eigenvalue weighted by molar-refractivity contribution is 0.337. The van der Waals surface area contributed by atoms with Crippen molar-refractivity contribution in [3.63, 3.8) is 0 Å². The first kappa shape index (κ1) is 13.6. The number of thiophene rings is 1. The molecule has 0 aliphatic heterocycles. The third kappa shape index (κ3) is 4.08. The molecule has 3 heteroatoms. The average Bonchev–Trinajstić information content (AvgIpc) is 2.58. The van der Waals surface area contributed by atoms with Crippen molar-refractivity contribution in [2.24, 2.45) is 5.92 Å². The van der Waals surface area contributed by atoms with Gasteiger partial charge in [-0.25, -0.2) is 0 Å². The molecule has 1 fully saturated rings. The Morgan fingerprint density at radius 3 is 2.65 bits per heavy atom. The van der Waals surface area contributed by atoms with Gasteiger partial charge in [0.05, 0.1) is 0 Å². The summed E-state index contributed by atoms with van der Waals surface area (Å²) < 4.78 is 1.25. The molecule has 0 spiro atoms. The van der Waals surface area contributed by atoms with Gasteiger partial charge in [-0.05, 0) is 53.1 Å². The molecule has 96 valence electrons. The fourth-order valence-electron chi connectivity index (χ4n) is 2.68. The molecule has 1 heterocycles. The molecule has 2 rings (SSSR count). The molecule has 1 aliphatic rings. The lowest BCUT2D eigenvalue weighted by atomic mass is 9.93. The Hall–Kier alpha value is 0.140. The molecule has 0 aromatic carbocycles. The van der Waals surface area contributed by atoms with Gasteiger partial charge in [0, 0.05) is 21.9 Å². The zero-order valence-corrected chi connectivity index (χ0v) is 12.9. The SMILES string of the molecule is C[C@@H](NCc1sccc1Br)C1CCCCCC1. The van der Waals surface area contributed by atoms with Gasteiger partial charge in [-0.3, -0.25) is 0 Å². The maximum atomic E-state index is 3.70. The van der Waals surface area contributed by atoms with Crippen LogP contribution in [0.5, 0.6) is 0 Å². The van der Waals surface area contributed by atoms with Gasteiger partial charge >= 0.3 is 0 Å². The maximum Gasteiger partial charge on any atom is 0.0327 e. The Labute approximate surface area is 117 Å². The summed E-state index contributed by atoms with van der Waals surface area (Å²) in [7, 11) is 0. The van der Waals surface area contributed by atoms with E-state index in [-0.39, 0.29) is 0 Å². The van der Waals surface area contributed by atoms with Crippen LogP contribution in [0.25, 0.3) is 0 Å². The highest BCUT2D eigenvalue weighted by molar-refractivity contribution is 9.10. The maximum absolute atomic E-state index is 3.70. The Morgan fingerprint density at radius 2 is 2.06 bits per heavy atom. The van der Waals surface area contributed by atoms with E-state index in [0.29, 0.717) is 6.04 Å². The van der Waals surface area contributed by atoms with Crippen molar-refractivity contribution in [2.45, 2.75) is 58.0 Å². The number of hydrogen-bond acceptors (Lipinski definition) is 2. The van der Waals surface area contributed by atoms with Gasteiger partial charge in [0.15, 0.2) is 0 Å². The van der Waals surface area contributed by atoms with Crippen molar-refractivity contribution < 1.29 is 0 Å². The van der Waals surface area contributed by atoms with Crippen molar-refractivity contribution in [2.75, 3.05) is 0 Å². The third-order valence-corrected chi connectivity index (χ3v) is 5.81. The van der Waals surface area contributed by atoms with Crippen molar-refractivity contribution >= 4 is 27.3 Å². The Kier molecular flexibility index (Phi) is 5.51. The zero-order valence-electron chi connectivity index (χ0n) is 10.5. The quantitative estimate of drug-likeness (QED) is 0.774. The molecule has 0 amide bonds. The molecule has 17 heavy (non-hydrogen) atoms. The Balaban J connectivity index is 1.80. The Bertz CT molecular complexity index is 329. The minimum atomic E-state index is 0.655. The minimum Gasteiger partial charge on any atom is -0.309 e. The topological polar surface area (TPSA) is 12.0 Å². The molecule has 1 aliphatic carbocycles. The normalized spacial score (nSPS) is 20.1. The second kappa shape index (κ2) is 6.91. The van der Waals surface area contributed by atoms with Gasteiger partial charge in [0.2, 0.25) is 0 Å². The molecule has 1 nitrogen and oxygen atoms in total. The van der Waals surface area contributed by atoms with Crippen molar-refractivity contribution in [3.8, 4) is 0 Å². The number of halogens is 1. The number of hydrogen-bond donors (Lipinski definition) is 1. The predicted molar refractivity (Wildman–Crippen MR) is 79.5 cm³/mol. The first-order valence-electron chi connectivity index (χ1n) is 6.72. The molecular weight excluding hydrogens is 294 g/mol. The minimum absolute atomic E-state index is 0.655. The van der Waals surface area contributed by atoms with Gasteiger partial charge in [0.25, 0.3) is 0 Å². The van der Waals surface area contributed by atoms with Crippen molar-refractivity contribution in [1.82, 2.24) is 5.32 Å². The van der Waals surface area contributed by atoms with Gasteiger partial charge < -0.3 is 5.32 Å². The first-order valence-corrected chi connectivity index (χ1v) is 8.40. The van der Waals surface area contributed by atoms with Crippen LogP contribution < -0.4 is 5.32 Å². The molecule has 1 N–H and O–H groups in total. The summed E-state index contributed by atoms with van der Waals surface area (Å²) in [4.78, 5) is 1.42. The number of rotatable bonds is 4. The highest BCUT2D eigenvalue weighted by atomic mass is 79.9.